The highest BCUT2D eigenvalue weighted by molar-refractivity contribution is 7.90. The fraction of sp³-hybridized carbons (Fsp3) is 0.263. The molecule has 0 N–H and O–H groups in total. The van der Waals surface area contributed by atoms with Gasteiger partial charge < -0.3 is 9.80 Å². The van der Waals surface area contributed by atoms with Crippen LogP contribution in [0, 0.1) is 0 Å². The Balaban J connectivity index is 1.88. The summed E-state index contributed by atoms with van der Waals surface area (Å²) in [6, 6.07) is 12.4. The zero-order valence-corrected chi connectivity index (χ0v) is 16.5. The molecule has 0 radical (unpaired) electrons. The third-order valence-corrected chi connectivity index (χ3v) is 6.10. The lowest BCUT2D eigenvalue weighted by molar-refractivity contribution is -0.120. The normalized spacial score (nSPS) is 17.2. The van der Waals surface area contributed by atoms with Gasteiger partial charge in [-0.1, -0.05) is 35.9 Å². The van der Waals surface area contributed by atoms with Gasteiger partial charge >= 0.3 is 0 Å². The zero-order valence-electron chi connectivity index (χ0n) is 14.9. The molecule has 2 amide bonds. The predicted molar refractivity (Wildman–Crippen MR) is 104 cm³/mol. The van der Waals surface area contributed by atoms with Gasteiger partial charge in [0.15, 0.2) is 9.84 Å². The van der Waals surface area contributed by atoms with E-state index in [4.69, 9.17) is 11.6 Å². The van der Waals surface area contributed by atoms with Crippen LogP contribution in [0.15, 0.2) is 53.4 Å². The molecule has 0 saturated carbocycles. The molecular formula is C19H19ClN2O4S. The maximum Gasteiger partial charge on any atom is 0.255 e. The monoisotopic (exact) mass is 406 g/mol. The zero-order chi connectivity index (χ0) is 19.8. The number of carbonyl (C=O) groups is 2. The SMILES string of the molecule is CN(C(=O)c1ccccc1S(C)(=O)=O)C1CCN(c2ccccc2Cl)C1=O. The minimum Gasteiger partial charge on any atom is -0.330 e. The summed E-state index contributed by atoms with van der Waals surface area (Å²) in [4.78, 5) is 28.6. The molecule has 1 aliphatic rings. The van der Waals surface area contributed by atoms with Crippen LogP contribution in [0.4, 0.5) is 5.69 Å². The minimum atomic E-state index is -3.57. The molecule has 0 aromatic heterocycles. The third-order valence-electron chi connectivity index (χ3n) is 4.63. The molecule has 0 bridgehead atoms. The lowest BCUT2D eigenvalue weighted by Crippen LogP contribution is -2.43. The van der Waals surface area contributed by atoms with E-state index in [2.05, 4.69) is 0 Å². The summed E-state index contributed by atoms with van der Waals surface area (Å²) in [6.07, 6.45) is 1.49. The number of likely N-dealkylation sites (N-methyl/N-ethyl adjacent to an activating group) is 1. The van der Waals surface area contributed by atoms with Crippen molar-refractivity contribution in [2.45, 2.75) is 17.4 Å². The Bertz CT molecular complexity index is 1010. The largest absolute Gasteiger partial charge is 0.330 e. The van der Waals surface area contributed by atoms with Crippen molar-refractivity contribution in [1.82, 2.24) is 4.90 Å². The molecule has 2 aromatic rings. The van der Waals surface area contributed by atoms with Crippen molar-refractivity contribution in [2.75, 3.05) is 24.7 Å². The molecule has 1 fully saturated rings. The van der Waals surface area contributed by atoms with Gasteiger partial charge in [0.25, 0.3) is 5.91 Å². The molecule has 2 aromatic carbocycles. The topological polar surface area (TPSA) is 74.8 Å². The Hall–Kier alpha value is -2.38. The van der Waals surface area contributed by atoms with E-state index in [9.17, 15) is 18.0 Å². The summed E-state index contributed by atoms with van der Waals surface area (Å²) in [5, 5.41) is 0.461. The summed E-state index contributed by atoms with van der Waals surface area (Å²) in [5.74, 6) is -0.744. The Labute approximate surface area is 163 Å². The number of benzene rings is 2. The van der Waals surface area contributed by atoms with E-state index in [1.807, 2.05) is 0 Å². The molecule has 1 saturated heterocycles. The van der Waals surface area contributed by atoms with E-state index < -0.39 is 21.8 Å². The average Bonchev–Trinajstić information content (AvgIpc) is 3.01. The Kier molecular flexibility index (Phi) is 5.26. The van der Waals surface area contributed by atoms with Crippen LogP contribution in [0.5, 0.6) is 0 Å². The van der Waals surface area contributed by atoms with Crippen LogP contribution in [0.3, 0.4) is 0 Å². The van der Waals surface area contributed by atoms with Crippen LogP contribution in [-0.2, 0) is 14.6 Å². The van der Waals surface area contributed by atoms with Gasteiger partial charge in [0.1, 0.15) is 6.04 Å². The first-order valence-corrected chi connectivity index (χ1v) is 10.6. The number of hydrogen-bond acceptors (Lipinski definition) is 4. The van der Waals surface area contributed by atoms with E-state index in [0.29, 0.717) is 23.7 Å². The molecule has 3 rings (SSSR count). The number of anilines is 1. The van der Waals surface area contributed by atoms with Crippen LogP contribution < -0.4 is 4.90 Å². The molecular weight excluding hydrogens is 388 g/mol. The second kappa shape index (κ2) is 7.32. The van der Waals surface area contributed by atoms with Crippen molar-refractivity contribution in [3.63, 3.8) is 0 Å². The lowest BCUT2D eigenvalue weighted by atomic mass is 10.1. The van der Waals surface area contributed by atoms with Crippen molar-refractivity contribution in [2.24, 2.45) is 0 Å². The van der Waals surface area contributed by atoms with Crippen molar-refractivity contribution >= 4 is 38.9 Å². The summed E-state index contributed by atoms with van der Waals surface area (Å²) in [7, 11) is -2.05. The van der Waals surface area contributed by atoms with Crippen molar-refractivity contribution in [3.05, 3.63) is 59.1 Å². The molecule has 0 aliphatic carbocycles. The van der Waals surface area contributed by atoms with E-state index in [1.165, 1.54) is 24.1 Å². The number of amides is 2. The first-order valence-electron chi connectivity index (χ1n) is 8.34. The molecule has 142 valence electrons. The van der Waals surface area contributed by atoms with Crippen molar-refractivity contribution in [3.8, 4) is 0 Å². The van der Waals surface area contributed by atoms with Gasteiger partial charge in [0.2, 0.25) is 5.91 Å². The Morgan fingerprint density at radius 3 is 2.44 bits per heavy atom. The van der Waals surface area contributed by atoms with Crippen LogP contribution in [0.1, 0.15) is 16.8 Å². The van der Waals surface area contributed by atoms with Crippen LogP contribution in [0.2, 0.25) is 5.02 Å². The van der Waals surface area contributed by atoms with Crippen LogP contribution in [0.25, 0.3) is 0 Å². The van der Waals surface area contributed by atoms with Gasteiger partial charge in [-0.05, 0) is 30.7 Å². The van der Waals surface area contributed by atoms with E-state index in [1.54, 1.807) is 41.3 Å². The van der Waals surface area contributed by atoms with E-state index in [-0.39, 0.29) is 16.4 Å². The highest BCUT2D eigenvalue weighted by atomic mass is 35.5. The van der Waals surface area contributed by atoms with Gasteiger partial charge in [0, 0.05) is 19.8 Å². The van der Waals surface area contributed by atoms with Gasteiger partial charge in [-0.15, -0.1) is 0 Å². The molecule has 1 atom stereocenters. The molecule has 1 aliphatic heterocycles. The average molecular weight is 407 g/mol. The Morgan fingerprint density at radius 1 is 1.15 bits per heavy atom. The fourth-order valence-corrected chi connectivity index (χ4v) is 4.35. The number of sulfone groups is 1. The van der Waals surface area contributed by atoms with Gasteiger partial charge in [0.05, 0.1) is 21.2 Å². The first kappa shape index (κ1) is 19.4. The third kappa shape index (κ3) is 3.70. The molecule has 0 spiro atoms. The standard InChI is InChI=1S/C19H19ClN2O4S/c1-21(18(23)13-7-3-6-10-17(13)27(2,25)26)16-11-12-22(19(16)24)15-9-5-4-8-14(15)20/h3-10,16H,11-12H2,1-2H3. The van der Waals surface area contributed by atoms with E-state index in [0.717, 1.165) is 6.26 Å². The number of rotatable bonds is 4. The Morgan fingerprint density at radius 2 is 1.78 bits per heavy atom. The summed E-state index contributed by atoms with van der Waals surface area (Å²) in [6.45, 7) is 0.429. The fourth-order valence-electron chi connectivity index (χ4n) is 3.23. The number of halogens is 1. The molecule has 1 unspecified atom stereocenters. The lowest BCUT2D eigenvalue weighted by Gasteiger charge is -2.25. The minimum absolute atomic E-state index is 0.0461. The summed E-state index contributed by atoms with van der Waals surface area (Å²) >= 11 is 6.19. The second-order valence-corrected chi connectivity index (χ2v) is 8.82. The van der Waals surface area contributed by atoms with Gasteiger partial charge in [-0.3, -0.25) is 9.59 Å². The highest BCUT2D eigenvalue weighted by Crippen LogP contribution is 2.31. The van der Waals surface area contributed by atoms with Crippen LogP contribution >= 0.6 is 11.6 Å². The van der Waals surface area contributed by atoms with Gasteiger partial charge in [-0.2, -0.15) is 0 Å². The van der Waals surface area contributed by atoms with E-state index >= 15 is 0 Å². The van der Waals surface area contributed by atoms with Crippen molar-refractivity contribution in [1.29, 1.82) is 0 Å². The van der Waals surface area contributed by atoms with Crippen molar-refractivity contribution < 1.29 is 18.0 Å². The number of para-hydroxylation sites is 1. The molecule has 27 heavy (non-hydrogen) atoms. The predicted octanol–water partition coefficient (Wildman–Crippen LogP) is 2.62. The highest BCUT2D eigenvalue weighted by Gasteiger charge is 2.38. The quantitative estimate of drug-likeness (QED) is 0.782. The van der Waals surface area contributed by atoms with Crippen LogP contribution in [-0.4, -0.2) is 51.0 Å². The molecule has 1 heterocycles. The maximum absolute atomic E-state index is 12.9. The molecule has 6 nitrogen and oxygen atoms in total. The second-order valence-electron chi connectivity index (χ2n) is 6.43. The number of nitrogens with zero attached hydrogens (tertiary/aromatic N) is 2. The first-order chi connectivity index (χ1) is 12.7. The molecule has 8 heteroatoms. The summed E-state index contributed by atoms with van der Waals surface area (Å²) in [5.41, 5.74) is 0.663. The maximum atomic E-state index is 12.9. The summed E-state index contributed by atoms with van der Waals surface area (Å²) < 4.78 is 24.0. The number of carbonyl (C=O) groups excluding carboxylic acids is 2. The number of hydrogen-bond donors (Lipinski definition) is 0. The van der Waals surface area contributed by atoms with Gasteiger partial charge in [-0.25, -0.2) is 8.42 Å². The smallest absolute Gasteiger partial charge is 0.255 e.